The summed E-state index contributed by atoms with van der Waals surface area (Å²) in [4.78, 5) is 22.8. The SMILES string of the molecule is CC(=O)C(C)N(C)CC(N)=O. The van der Waals surface area contributed by atoms with Crippen LogP contribution in [0.4, 0.5) is 0 Å². The van der Waals surface area contributed by atoms with Gasteiger partial charge in [0.1, 0.15) is 5.78 Å². The first-order valence-electron chi connectivity index (χ1n) is 3.44. The predicted molar refractivity (Wildman–Crippen MR) is 42.0 cm³/mol. The zero-order chi connectivity index (χ0) is 9.02. The lowest BCUT2D eigenvalue weighted by atomic mass is 10.2. The Balaban J connectivity index is 3.92. The summed E-state index contributed by atoms with van der Waals surface area (Å²) in [6.07, 6.45) is 0. The van der Waals surface area contributed by atoms with Gasteiger partial charge in [-0.25, -0.2) is 0 Å². The number of carbonyl (C=O) groups excluding carboxylic acids is 2. The highest BCUT2D eigenvalue weighted by Gasteiger charge is 2.14. The number of Topliss-reactive ketones (excluding diaryl/α,β-unsaturated/α-hetero) is 1. The first kappa shape index (κ1) is 10.1. The largest absolute Gasteiger partial charge is 0.369 e. The van der Waals surface area contributed by atoms with Crippen LogP contribution in [0.3, 0.4) is 0 Å². The van der Waals surface area contributed by atoms with Crippen LogP contribution in [0, 0.1) is 0 Å². The monoisotopic (exact) mass is 158 g/mol. The first-order chi connectivity index (χ1) is 4.95. The highest BCUT2D eigenvalue weighted by atomic mass is 16.1. The van der Waals surface area contributed by atoms with Crippen LogP contribution in [0.2, 0.25) is 0 Å². The zero-order valence-electron chi connectivity index (χ0n) is 7.13. The van der Waals surface area contributed by atoms with Crippen molar-refractivity contribution in [3.63, 3.8) is 0 Å². The molecule has 4 nitrogen and oxygen atoms in total. The third kappa shape index (κ3) is 3.72. The molecule has 0 bridgehead atoms. The van der Waals surface area contributed by atoms with E-state index in [0.29, 0.717) is 0 Å². The minimum Gasteiger partial charge on any atom is -0.369 e. The lowest BCUT2D eigenvalue weighted by Crippen LogP contribution is -2.40. The molecule has 1 unspecified atom stereocenters. The molecule has 2 N–H and O–H groups in total. The maximum absolute atomic E-state index is 10.8. The number of nitrogens with zero attached hydrogens (tertiary/aromatic N) is 1. The number of likely N-dealkylation sites (N-methyl/N-ethyl adjacent to an activating group) is 1. The van der Waals surface area contributed by atoms with Gasteiger partial charge in [-0.3, -0.25) is 14.5 Å². The highest BCUT2D eigenvalue weighted by molar-refractivity contribution is 5.82. The molecule has 0 heterocycles. The molecule has 0 saturated heterocycles. The van der Waals surface area contributed by atoms with Crippen molar-refractivity contribution in [2.24, 2.45) is 5.73 Å². The van der Waals surface area contributed by atoms with E-state index in [1.54, 1.807) is 18.9 Å². The van der Waals surface area contributed by atoms with Crippen molar-refractivity contribution in [1.29, 1.82) is 0 Å². The Hall–Kier alpha value is -0.900. The van der Waals surface area contributed by atoms with Crippen LogP contribution >= 0.6 is 0 Å². The number of nitrogens with two attached hydrogens (primary N) is 1. The van der Waals surface area contributed by atoms with Crippen molar-refractivity contribution >= 4 is 11.7 Å². The summed E-state index contributed by atoms with van der Waals surface area (Å²) in [6.45, 7) is 3.36. The Morgan fingerprint density at radius 3 is 2.27 bits per heavy atom. The molecule has 0 saturated carbocycles. The predicted octanol–water partition coefficient (Wildman–Crippen LogP) is -0.619. The van der Waals surface area contributed by atoms with Crippen molar-refractivity contribution in [2.75, 3.05) is 13.6 Å². The van der Waals surface area contributed by atoms with E-state index in [9.17, 15) is 9.59 Å². The van der Waals surface area contributed by atoms with E-state index in [-0.39, 0.29) is 18.4 Å². The third-order valence-corrected chi connectivity index (χ3v) is 1.65. The summed E-state index contributed by atoms with van der Waals surface area (Å²) < 4.78 is 0. The normalized spacial score (nSPS) is 13.1. The van der Waals surface area contributed by atoms with Crippen LogP contribution in [0.15, 0.2) is 0 Å². The van der Waals surface area contributed by atoms with Crippen LogP contribution < -0.4 is 5.73 Å². The molecular formula is C7H14N2O2. The second kappa shape index (κ2) is 4.08. The topological polar surface area (TPSA) is 63.4 Å². The van der Waals surface area contributed by atoms with E-state index in [0.717, 1.165) is 0 Å². The molecule has 0 rings (SSSR count). The summed E-state index contributed by atoms with van der Waals surface area (Å²) >= 11 is 0. The summed E-state index contributed by atoms with van der Waals surface area (Å²) in [5.74, 6) is -0.380. The van der Waals surface area contributed by atoms with Gasteiger partial charge in [0.05, 0.1) is 12.6 Å². The Morgan fingerprint density at radius 1 is 1.55 bits per heavy atom. The first-order valence-corrected chi connectivity index (χ1v) is 3.44. The zero-order valence-corrected chi connectivity index (χ0v) is 7.13. The molecule has 0 aliphatic heterocycles. The van der Waals surface area contributed by atoms with Gasteiger partial charge in [0.25, 0.3) is 0 Å². The summed E-state index contributed by atoms with van der Waals surface area (Å²) in [6, 6.07) is -0.234. The number of hydrogen-bond donors (Lipinski definition) is 1. The molecule has 0 aliphatic carbocycles. The quantitative estimate of drug-likeness (QED) is 0.593. The number of rotatable bonds is 4. The van der Waals surface area contributed by atoms with E-state index in [2.05, 4.69) is 0 Å². The number of primary amides is 1. The van der Waals surface area contributed by atoms with Crippen molar-refractivity contribution in [1.82, 2.24) is 4.90 Å². The van der Waals surface area contributed by atoms with Crippen molar-refractivity contribution in [3.05, 3.63) is 0 Å². The van der Waals surface area contributed by atoms with E-state index < -0.39 is 5.91 Å². The molecule has 0 spiro atoms. The molecule has 0 radical (unpaired) electrons. The maximum Gasteiger partial charge on any atom is 0.231 e. The van der Waals surface area contributed by atoms with Crippen LogP contribution in [-0.2, 0) is 9.59 Å². The fourth-order valence-electron chi connectivity index (χ4n) is 0.693. The molecule has 1 atom stereocenters. The summed E-state index contributed by atoms with van der Waals surface area (Å²) in [5.41, 5.74) is 4.94. The van der Waals surface area contributed by atoms with E-state index in [1.165, 1.54) is 6.92 Å². The molecule has 0 aromatic heterocycles. The van der Waals surface area contributed by atoms with Crippen molar-refractivity contribution in [2.45, 2.75) is 19.9 Å². The van der Waals surface area contributed by atoms with Crippen molar-refractivity contribution < 1.29 is 9.59 Å². The number of carbonyl (C=O) groups is 2. The van der Waals surface area contributed by atoms with Gasteiger partial charge < -0.3 is 5.73 Å². The maximum atomic E-state index is 10.8. The van der Waals surface area contributed by atoms with Gasteiger partial charge in [-0.1, -0.05) is 0 Å². The van der Waals surface area contributed by atoms with Gasteiger partial charge in [-0.15, -0.1) is 0 Å². The van der Waals surface area contributed by atoms with Crippen LogP contribution in [0.5, 0.6) is 0 Å². The second-order valence-corrected chi connectivity index (χ2v) is 2.67. The smallest absolute Gasteiger partial charge is 0.231 e. The van der Waals surface area contributed by atoms with E-state index in [4.69, 9.17) is 5.73 Å². The molecule has 11 heavy (non-hydrogen) atoms. The van der Waals surface area contributed by atoms with Crippen LogP contribution in [-0.4, -0.2) is 36.2 Å². The lowest BCUT2D eigenvalue weighted by molar-refractivity contribution is -0.123. The Kier molecular flexibility index (Phi) is 3.74. The third-order valence-electron chi connectivity index (χ3n) is 1.65. The van der Waals surface area contributed by atoms with Gasteiger partial charge in [-0.05, 0) is 20.9 Å². The van der Waals surface area contributed by atoms with Crippen LogP contribution in [0.25, 0.3) is 0 Å². The van der Waals surface area contributed by atoms with Gasteiger partial charge in [0, 0.05) is 0 Å². The molecule has 64 valence electrons. The second-order valence-electron chi connectivity index (χ2n) is 2.67. The average Bonchev–Trinajstić information content (AvgIpc) is 1.84. The number of ketones is 1. The minimum absolute atomic E-state index is 0.0359. The minimum atomic E-state index is -0.416. The number of hydrogen-bond acceptors (Lipinski definition) is 3. The molecule has 0 aliphatic rings. The molecule has 4 heteroatoms. The molecule has 0 aromatic carbocycles. The van der Waals surface area contributed by atoms with Gasteiger partial charge in [0.2, 0.25) is 5.91 Å². The Labute approximate surface area is 66.4 Å². The Morgan fingerprint density at radius 2 is 2.00 bits per heavy atom. The molecular weight excluding hydrogens is 144 g/mol. The van der Waals surface area contributed by atoms with Crippen molar-refractivity contribution in [3.8, 4) is 0 Å². The highest BCUT2D eigenvalue weighted by Crippen LogP contribution is 1.94. The molecule has 0 aromatic rings. The van der Waals surface area contributed by atoms with Gasteiger partial charge in [-0.2, -0.15) is 0 Å². The molecule has 0 fully saturated rings. The average molecular weight is 158 g/mol. The van der Waals surface area contributed by atoms with E-state index in [1.807, 2.05) is 0 Å². The summed E-state index contributed by atoms with van der Waals surface area (Å²) in [5, 5.41) is 0. The van der Waals surface area contributed by atoms with Crippen LogP contribution in [0.1, 0.15) is 13.8 Å². The number of amides is 1. The van der Waals surface area contributed by atoms with E-state index >= 15 is 0 Å². The lowest BCUT2D eigenvalue weighted by Gasteiger charge is -2.19. The van der Waals surface area contributed by atoms with Gasteiger partial charge in [0.15, 0.2) is 0 Å². The fraction of sp³-hybridized carbons (Fsp3) is 0.714. The summed E-state index contributed by atoms with van der Waals surface area (Å²) in [7, 11) is 1.69. The standard InChI is InChI=1S/C7H14N2O2/c1-5(6(2)10)9(3)4-7(8)11/h5H,4H2,1-3H3,(H2,8,11). The molecule has 1 amide bonds. The Bertz CT molecular complexity index is 168. The fourth-order valence-corrected chi connectivity index (χ4v) is 0.693. The van der Waals surface area contributed by atoms with Gasteiger partial charge >= 0.3 is 0 Å².